The lowest BCUT2D eigenvalue weighted by molar-refractivity contribution is 1.04. The van der Waals surface area contributed by atoms with Crippen LogP contribution in [0.25, 0.3) is 155 Å². The summed E-state index contributed by atoms with van der Waals surface area (Å²) in [5.74, 6) is 0. The first-order valence-corrected chi connectivity index (χ1v) is 30.5. The van der Waals surface area contributed by atoms with E-state index >= 15 is 0 Å². The smallest absolute Gasteiger partial charge is 0.0961 e. The van der Waals surface area contributed by atoms with Crippen molar-refractivity contribution in [3.05, 3.63) is 288 Å². The number of fused-ring (bicyclic) bond motifs is 12. The minimum atomic E-state index is 0.873. The van der Waals surface area contributed by atoms with Crippen molar-refractivity contribution in [1.29, 1.82) is 0 Å². The van der Waals surface area contributed by atoms with Crippen molar-refractivity contribution in [2.24, 2.45) is 0 Å². The van der Waals surface area contributed by atoms with Gasteiger partial charge in [0.2, 0.25) is 0 Å². The third kappa shape index (κ3) is 7.81. The van der Waals surface area contributed by atoms with Crippen molar-refractivity contribution in [1.82, 2.24) is 28.2 Å². The van der Waals surface area contributed by atoms with Crippen LogP contribution < -0.4 is 0 Å². The molecule has 0 fully saturated rings. The van der Waals surface area contributed by atoms with E-state index in [9.17, 15) is 0 Å². The van der Waals surface area contributed by atoms with E-state index in [0.29, 0.717) is 0 Å². The SMILES string of the molecule is Cc1ccc2c(c1)c1ccccc1n2-c1c(-c2cc(C)nc(C)c2)c(-n2c3ccccc3c3cc(C)ccc32)c(-n2c3ccccc3c3cc(C)ccc32)c(-n2c3ccccc3c3cc(C)ccc32)c1-c1cc(-c2ccccc2)nc(-c2ccccc2)c1. The van der Waals surface area contributed by atoms with E-state index in [4.69, 9.17) is 9.97 Å². The number of hydrogen-bond acceptors (Lipinski definition) is 2. The highest BCUT2D eigenvalue weighted by Gasteiger charge is 2.36. The summed E-state index contributed by atoms with van der Waals surface area (Å²) in [6.07, 6.45) is 0. The molecule has 88 heavy (non-hydrogen) atoms. The fourth-order valence-electron chi connectivity index (χ4n) is 14.6. The first kappa shape index (κ1) is 51.3. The summed E-state index contributed by atoms with van der Waals surface area (Å²) in [5, 5.41) is 9.45. The summed E-state index contributed by atoms with van der Waals surface area (Å²) in [6, 6.07) is 95.1. The Balaban J connectivity index is 1.27. The number of pyridine rings is 2. The average Bonchev–Trinajstić information content (AvgIpc) is 1.65. The topological polar surface area (TPSA) is 45.5 Å². The lowest BCUT2D eigenvalue weighted by Gasteiger charge is -2.31. The van der Waals surface area contributed by atoms with Gasteiger partial charge in [0.1, 0.15) is 0 Å². The fraction of sp³-hybridized carbons (Fsp3) is 0.0732. The molecule has 0 amide bonds. The molecular weight excluding hydrogens is 1070 g/mol. The molecule has 0 saturated carbocycles. The highest BCUT2D eigenvalue weighted by atomic mass is 15.1. The highest BCUT2D eigenvalue weighted by molar-refractivity contribution is 6.19. The molecule has 6 heteroatoms. The highest BCUT2D eigenvalue weighted by Crippen LogP contribution is 2.55. The maximum absolute atomic E-state index is 5.67. The maximum atomic E-state index is 5.67. The molecule has 0 aliphatic rings. The maximum Gasteiger partial charge on any atom is 0.0961 e. The Morgan fingerprint density at radius 1 is 0.216 bits per heavy atom. The standard InChI is InChI=1S/C82H60N6/c1-49-33-37-73-63(41-49)59-25-13-17-29-69(59)85(73)79-77(57-45-53(5)83-54(6)46-57)80(86-70-30-18-14-26-60(70)64-42-50(2)34-38-74(64)86)82(88-72-32-20-16-28-62(72)66-44-52(4)36-40-76(66)88)81(87-71-31-19-15-27-61(71)65-43-51(3)35-39-75(65)87)78(79)58-47-67(55-21-9-7-10-22-55)84-68(48-58)56-23-11-8-12-24-56/h7-48H,1-6H3. The molecule has 0 unspecified atom stereocenters. The van der Waals surface area contributed by atoms with Crippen molar-refractivity contribution < 1.29 is 0 Å². The summed E-state index contributed by atoms with van der Waals surface area (Å²) < 4.78 is 10.5. The Morgan fingerprint density at radius 3 is 0.852 bits per heavy atom. The van der Waals surface area contributed by atoms with Gasteiger partial charge in [-0.05, 0) is 150 Å². The monoisotopic (exact) mass is 1130 g/mol. The van der Waals surface area contributed by atoms with Crippen molar-refractivity contribution in [3.8, 4) is 67.5 Å². The molecule has 6 heterocycles. The van der Waals surface area contributed by atoms with E-state index < -0.39 is 0 Å². The molecule has 0 spiro atoms. The van der Waals surface area contributed by atoms with Crippen LogP contribution in [0.3, 0.4) is 0 Å². The molecule has 0 saturated heterocycles. The Kier molecular flexibility index (Phi) is 11.5. The van der Waals surface area contributed by atoms with Crippen molar-refractivity contribution in [2.75, 3.05) is 0 Å². The molecule has 6 aromatic heterocycles. The van der Waals surface area contributed by atoms with Gasteiger partial charge in [-0.3, -0.25) is 4.98 Å². The second-order valence-electron chi connectivity index (χ2n) is 24.1. The predicted molar refractivity (Wildman–Crippen MR) is 370 cm³/mol. The van der Waals surface area contributed by atoms with E-state index in [0.717, 1.165) is 123 Å². The molecule has 0 aliphatic carbocycles. The van der Waals surface area contributed by atoms with Gasteiger partial charge in [0, 0.05) is 76.7 Å². The van der Waals surface area contributed by atoms with Crippen LogP contribution in [0.15, 0.2) is 255 Å². The number of benzene rings is 11. The number of rotatable bonds is 8. The molecule has 0 N–H and O–H groups in total. The number of aromatic nitrogens is 6. The van der Waals surface area contributed by atoms with Crippen LogP contribution in [0, 0.1) is 41.5 Å². The van der Waals surface area contributed by atoms with Crippen molar-refractivity contribution in [2.45, 2.75) is 41.5 Å². The van der Waals surface area contributed by atoms with Gasteiger partial charge in [-0.15, -0.1) is 0 Å². The molecule has 11 aromatic carbocycles. The second kappa shape index (κ2) is 19.7. The molecule has 0 aliphatic heterocycles. The Morgan fingerprint density at radius 2 is 0.500 bits per heavy atom. The summed E-state index contributed by atoms with van der Waals surface area (Å²) in [5.41, 5.74) is 27.6. The number of para-hydroxylation sites is 4. The quantitative estimate of drug-likeness (QED) is 0.152. The normalized spacial score (nSPS) is 12.0. The second-order valence-corrected chi connectivity index (χ2v) is 24.1. The number of aryl methyl sites for hydroxylation is 6. The number of nitrogens with zero attached hydrogens (tertiary/aromatic N) is 6. The van der Waals surface area contributed by atoms with Crippen molar-refractivity contribution in [3.63, 3.8) is 0 Å². The Bertz CT molecular complexity index is 5670. The zero-order valence-electron chi connectivity index (χ0n) is 49.9. The van der Waals surface area contributed by atoms with Gasteiger partial charge in [0.05, 0.1) is 78.3 Å². The first-order valence-electron chi connectivity index (χ1n) is 30.5. The molecule has 6 nitrogen and oxygen atoms in total. The van der Waals surface area contributed by atoms with Gasteiger partial charge in [-0.2, -0.15) is 0 Å². The Hall–Kier alpha value is -11.1. The summed E-state index contributed by atoms with van der Waals surface area (Å²) >= 11 is 0. The average molecular weight is 1130 g/mol. The van der Waals surface area contributed by atoms with Crippen LogP contribution >= 0.6 is 0 Å². The molecule has 17 aromatic rings. The largest absolute Gasteiger partial charge is 0.308 e. The lowest BCUT2D eigenvalue weighted by Crippen LogP contribution is -2.16. The third-order valence-corrected chi connectivity index (χ3v) is 18.2. The van der Waals surface area contributed by atoms with Crippen LogP contribution in [0.5, 0.6) is 0 Å². The minimum Gasteiger partial charge on any atom is -0.308 e. The fourth-order valence-corrected chi connectivity index (χ4v) is 14.6. The van der Waals surface area contributed by atoms with Gasteiger partial charge in [-0.25, -0.2) is 4.98 Å². The van der Waals surface area contributed by atoms with Gasteiger partial charge in [-0.1, -0.05) is 180 Å². The van der Waals surface area contributed by atoms with Gasteiger partial charge in [0.25, 0.3) is 0 Å². The van der Waals surface area contributed by atoms with E-state index in [2.05, 4.69) is 315 Å². The van der Waals surface area contributed by atoms with Gasteiger partial charge < -0.3 is 18.3 Å². The number of hydrogen-bond donors (Lipinski definition) is 0. The lowest BCUT2D eigenvalue weighted by atomic mass is 9.88. The third-order valence-electron chi connectivity index (χ3n) is 18.2. The van der Waals surface area contributed by atoms with Crippen molar-refractivity contribution >= 4 is 87.2 Å². The van der Waals surface area contributed by atoms with E-state index in [1.807, 2.05) is 0 Å². The molecule has 418 valence electrons. The molecule has 0 radical (unpaired) electrons. The minimum absolute atomic E-state index is 0.873. The summed E-state index contributed by atoms with van der Waals surface area (Å²) in [7, 11) is 0. The molecule has 17 rings (SSSR count). The molecule has 0 bridgehead atoms. The van der Waals surface area contributed by atoms with Crippen LogP contribution in [-0.2, 0) is 0 Å². The zero-order valence-corrected chi connectivity index (χ0v) is 49.9. The van der Waals surface area contributed by atoms with Gasteiger partial charge in [0.15, 0.2) is 0 Å². The summed E-state index contributed by atoms with van der Waals surface area (Å²) in [4.78, 5) is 10.9. The summed E-state index contributed by atoms with van der Waals surface area (Å²) in [6.45, 7) is 13.2. The van der Waals surface area contributed by atoms with E-state index in [1.165, 1.54) is 65.3 Å². The van der Waals surface area contributed by atoms with Crippen LogP contribution in [0.4, 0.5) is 0 Å². The Labute approximate surface area is 510 Å². The first-order chi connectivity index (χ1) is 43.1. The van der Waals surface area contributed by atoms with Crippen LogP contribution in [-0.4, -0.2) is 28.2 Å². The van der Waals surface area contributed by atoms with E-state index in [-0.39, 0.29) is 0 Å². The zero-order chi connectivity index (χ0) is 59.1. The molecule has 0 atom stereocenters. The van der Waals surface area contributed by atoms with Gasteiger partial charge >= 0.3 is 0 Å². The van der Waals surface area contributed by atoms with E-state index in [1.54, 1.807) is 0 Å². The van der Waals surface area contributed by atoms with Crippen LogP contribution in [0.1, 0.15) is 33.6 Å². The predicted octanol–water partition coefficient (Wildman–Crippen LogP) is 21.4. The molecular formula is C82H60N6. The van der Waals surface area contributed by atoms with Crippen LogP contribution in [0.2, 0.25) is 0 Å².